The van der Waals surface area contributed by atoms with Crippen molar-refractivity contribution in [1.82, 2.24) is 9.03 Å². The molecule has 2 rings (SSSR count). The Labute approximate surface area is 139 Å². The van der Waals surface area contributed by atoms with Crippen molar-refractivity contribution in [2.24, 2.45) is 0 Å². The molecule has 0 radical (unpaired) electrons. The van der Waals surface area contributed by atoms with E-state index in [4.69, 9.17) is 9.47 Å². The van der Waals surface area contributed by atoms with Crippen LogP contribution in [0.1, 0.15) is 39.3 Å². The van der Waals surface area contributed by atoms with Gasteiger partial charge in [-0.15, -0.1) is 0 Å². The lowest BCUT2D eigenvalue weighted by Gasteiger charge is -2.35. The van der Waals surface area contributed by atoms with Crippen LogP contribution in [-0.2, 0) is 14.9 Å². The van der Waals surface area contributed by atoms with Crippen LogP contribution in [0.5, 0.6) is 5.75 Å². The first-order valence-electron chi connectivity index (χ1n) is 7.97. The number of benzene rings is 1. The van der Waals surface area contributed by atoms with Gasteiger partial charge in [0, 0.05) is 19.1 Å². The maximum Gasteiger partial charge on any atom is 0.280 e. The zero-order valence-corrected chi connectivity index (χ0v) is 15.0. The van der Waals surface area contributed by atoms with Crippen molar-refractivity contribution in [3.8, 4) is 5.75 Å². The molecule has 1 N–H and O–H groups in total. The van der Waals surface area contributed by atoms with Gasteiger partial charge in [0.05, 0.1) is 18.8 Å². The van der Waals surface area contributed by atoms with E-state index in [-0.39, 0.29) is 18.2 Å². The molecule has 1 fully saturated rings. The smallest absolute Gasteiger partial charge is 0.280 e. The summed E-state index contributed by atoms with van der Waals surface area (Å²) in [6.45, 7) is 8.87. The van der Waals surface area contributed by atoms with Crippen LogP contribution >= 0.6 is 0 Å². The highest BCUT2D eigenvalue weighted by molar-refractivity contribution is 7.87. The van der Waals surface area contributed by atoms with Crippen molar-refractivity contribution in [3.05, 3.63) is 29.8 Å². The molecule has 1 aliphatic rings. The van der Waals surface area contributed by atoms with Crippen LogP contribution in [-0.4, -0.2) is 44.6 Å². The Hall–Kier alpha value is -1.15. The van der Waals surface area contributed by atoms with Gasteiger partial charge in [-0.2, -0.15) is 17.4 Å². The highest BCUT2D eigenvalue weighted by atomic mass is 32.2. The standard InChI is InChI=1S/C16H26N2O4S/c1-5-21-16-8-6-15(7-9-16)14(4)17-23(19,20)18-10-12(2)22-13(3)11-18/h6-9,12-14,17H,5,10-11H2,1-4H3. The van der Waals surface area contributed by atoms with Gasteiger partial charge >= 0.3 is 0 Å². The lowest BCUT2D eigenvalue weighted by Crippen LogP contribution is -2.52. The summed E-state index contributed by atoms with van der Waals surface area (Å²) in [4.78, 5) is 0. The minimum atomic E-state index is -3.54. The summed E-state index contributed by atoms with van der Waals surface area (Å²) in [6.07, 6.45) is -0.202. The predicted octanol–water partition coefficient (Wildman–Crippen LogP) is 2.09. The molecule has 0 saturated carbocycles. The van der Waals surface area contributed by atoms with Gasteiger partial charge in [-0.3, -0.25) is 0 Å². The van der Waals surface area contributed by atoms with E-state index < -0.39 is 10.2 Å². The van der Waals surface area contributed by atoms with E-state index in [1.54, 1.807) is 0 Å². The molecule has 0 aliphatic carbocycles. The highest BCUT2D eigenvalue weighted by Crippen LogP contribution is 2.20. The zero-order chi connectivity index (χ0) is 17.0. The zero-order valence-electron chi connectivity index (χ0n) is 14.2. The Morgan fingerprint density at radius 3 is 2.35 bits per heavy atom. The quantitative estimate of drug-likeness (QED) is 0.859. The van der Waals surface area contributed by atoms with Crippen molar-refractivity contribution in [2.75, 3.05) is 19.7 Å². The van der Waals surface area contributed by atoms with Crippen molar-refractivity contribution in [1.29, 1.82) is 0 Å². The third kappa shape index (κ3) is 4.91. The summed E-state index contributed by atoms with van der Waals surface area (Å²) >= 11 is 0. The normalized spacial score (nSPS) is 24.3. The Morgan fingerprint density at radius 1 is 1.26 bits per heavy atom. The molecule has 130 valence electrons. The second-order valence-electron chi connectivity index (χ2n) is 5.92. The fraction of sp³-hybridized carbons (Fsp3) is 0.625. The first-order chi connectivity index (χ1) is 10.8. The summed E-state index contributed by atoms with van der Waals surface area (Å²) < 4.78 is 40.3. The molecule has 0 spiro atoms. The van der Waals surface area contributed by atoms with Crippen LogP contribution < -0.4 is 9.46 Å². The van der Waals surface area contributed by atoms with Crippen LogP contribution in [0, 0.1) is 0 Å². The van der Waals surface area contributed by atoms with Crippen LogP contribution in [0.2, 0.25) is 0 Å². The van der Waals surface area contributed by atoms with Crippen LogP contribution in [0.3, 0.4) is 0 Å². The van der Waals surface area contributed by atoms with E-state index in [0.717, 1.165) is 11.3 Å². The number of morpholine rings is 1. The van der Waals surface area contributed by atoms with E-state index in [9.17, 15) is 8.42 Å². The van der Waals surface area contributed by atoms with Crippen LogP contribution in [0.15, 0.2) is 24.3 Å². The number of hydrogen-bond donors (Lipinski definition) is 1. The van der Waals surface area contributed by atoms with E-state index in [2.05, 4.69) is 4.72 Å². The molecule has 1 aromatic rings. The average molecular weight is 342 g/mol. The number of rotatable bonds is 6. The van der Waals surface area contributed by atoms with Crippen LogP contribution in [0.25, 0.3) is 0 Å². The lowest BCUT2D eigenvalue weighted by molar-refractivity contribution is -0.0444. The summed E-state index contributed by atoms with van der Waals surface area (Å²) in [5.74, 6) is 0.780. The summed E-state index contributed by atoms with van der Waals surface area (Å²) in [7, 11) is -3.54. The summed E-state index contributed by atoms with van der Waals surface area (Å²) in [5.41, 5.74) is 0.895. The van der Waals surface area contributed by atoms with E-state index >= 15 is 0 Å². The molecular weight excluding hydrogens is 316 g/mol. The summed E-state index contributed by atoms with van der Waals surface area (Å²) in [5, 5.41) is 0. The Balaban J connectivity index is 2.04. The average Bonchev–Trinajstić information content (AvgIpc) is 2.47. The molecule has 0 amide bonds. The molecular formula is C16H26N2O4S. The topological polar surface area (TPSA) is 67.9 Å². The van der Waals surface area contributed by atoms with Crippen LogP contribution in [0.4, 0.5) is 0 Å². The lowest BCUT2D eigenvalue weighted by atomic mass is 10.1. The van der Waals surface area contributed by atoms with Gasteiger partial charge in [0.15, 0.2) is 0 Å². The van der Waals surface area contributed by atoms with Gasteiger partial charge in [-0.1, -0.05) is 12.1 Å². The van der Waals surface area contributed by atoms with Gasteiger partial charge < -0.3 is 9.47 Å². The molecule has 0 bridgehead atoms. The molecule has 6 nitrogen and oxygen atoms in total. The maximum absolute atomic E-state index is 12.6. The molecule has 7 heteroatoms. The number of hydrogen-bond acceptors (Lipinski definition) is 4. The molecule has 1 aliphatic heterocycles. The molecule has 3 unspecified atom stereocenters. The predicted molar refractivity (Wildman–Crippen MR) is 89.7 cm³/mol. The first-order valence-corrected chi connectivity index (χ1v) is 9.41. The van der Waals surface area contributed by atoms with E-state index in [1.807, 2.05) is 52.0 Å². The highest BCUT2D eigenvalue weighted by Gasteiger charge is 2.31. The second-order valence-corrected chi connectivity index (χ2v) is 7.62. The van der Waals surface area contributed by atoms with Gasteiger partial charge in [-0.05, 0) is 45.4 Å². The molecule has 0 aromatic heterocycles. The minimum Gasteiger partial charge on any atom is -0.494 e. The third-order valence-electron chi connectivity index (χ3n) is 3.74. The molecule has 1 saturated heterocycles. The molecule has 3 atom stereocenters. The minimum absolute atomic E-state index is 0.101. The fourth-order valence-corrected chi connectivity index (χ4v) is 4.26. The number of ether oxygens (including phenoxy) is 2. The van der Waals surface area contributed by atoms with E-state index in [1.165, 1.54) is 4.31 Å². The molecule has 23 heavy (non-hydrogen) atoms. The SMILES string of the molecule is CCOc1ccc(C(C)NS(=O)(=O)N2CC(C)OC(C)C2)cc1. The monoisotopic (exact) mass is 342 g/mol. The van der Waals surface area contributed by atoms with Crippen molar-refractivity contribution >= 4 is 10.2 Å². The van der Waals surface area contributed by atoms with Gasteiger partial charge in [0.1, 0.15) is 5.75 Å². The van der Waals surface area contributed by atoms with E-state index in [0.29, 0.717) is 19.7 Å². The molecule has 1 heterocycles. The third-order valence-corrected chi connectivity index (χ3v) is 5.37. The Bertz CT molecular complexity index is 593. The summed E-state index contributed by atoms with van der Waals surface area (Å²) in [6, 6.07) is 7.14. The number of nitrogens with zero attached hydrogens (tertiary/aromatic N) is 1. The largest absolute Gasteiger partial charge is 0.494 e. The second kappa shape index (κ2) is 7.61. The maximum atomic E-state index is 12.6. The van der Waals surface area contributed by atoms with Crippen molar-refractivity contribution in [2.45, 2.75) is 45.9 Å². The van der Waals surface area contributed by atoms with Gasteiger partial charge in [0.25, 0.3) is 10.2 Å². The first kappa shape index (κ1) is 18.2. The molecule has 1 aromatic carbocycles. The van der Waals surface area contributed by atoms with Gasteiger partial charge in [-0.25, -0.2) is 0 Å². The Morgan fingerprint density at radius 2 is 1.83 bits per heavy atom. The van der Waals surface area contributed by atoms with Crippen molar-refractivity contribution < 1.29 is 17.9 Å². The van der Waals surface area contributed by atoms with Gasteiger partial charge in [0.2, 0.25) is 0 Å². The van der Waals surface area contributed by atoms with Crippen molar-refractivity contribution in [3.63, 3.8) is 0 Å². The number of nitrogens with one attached hydrogen (secondary N) is 1. The fourth-order valence-electron chi connectivity index (χ4n) is 2.71. The Kier molecular flexibility index (Phi) is 6.02.